The molecule has 0 saturated heterocycles. The lowest BCUT2D eigenvalue weighted by atomic mass is 10.2. The number of thiophene rings is 1. The molecule has 2 aromatic heterocycles. The van der Waals surface area contributed by atoms with E-state index in [1.807, 2.05) is 13.0 Å². The number of aryl methyl sites for hydroxylation is 2. The first-order chi connectivity index (χ1) is 9.13. The van der Waals surface area contributed by atoms with E-state index in [-0.39, 0.29) is 5.82 Å². The second-order valence-electron chi connectivity index (χ2n) is 4.27. The van der Waals surface area contributed by atoms with Gasteiger partial charge >= 0.3 is 0 Å². The fourth-order valence-electron chi connectivity index (χ4n) is 1.78. The van der Waals surface area contributed by atoms with Crippen LogP contribution in [-0.2, 0) is 0 Å². The van der Waals surface area contributed by atoms with Crippen molar-refractivity contribution in [3.05, 3.63) is 46.9 Å². The van der Waals surface area contributed by atoms with Crippen molar-refractivity contribution in [1.29, 1.82) is 0 Å². The van der Waals surface area contributed by atoms with E-state index in [9.17, 15) is 4.39 Å². The maximum absolute atomic E-state index is 13.5. The van der Waals surface area contributed by atoms with Gasteiger partial charge in [0, 0.05) is 10.9 Å². The molecule has 3 aromatic rings. The van der Waals surface area contributed by atoms with Gasteiger partial charge in [-0.2, -0.15) is 0 Å². The van der Waals surface area contributed by atoms with Crippen LogP contribution in [-0.4, -0.2) is 9.97 Å². The average Bonchev–Trinajstić information content (AvgIpc) is 2.75. The van der Waals surface area contributed by atoms with E-state index in [4.69, 9.17) is 4.74 Å². The lowest BCUT2D eigenvalue weighted by molar-refractivity contribution is 0.462. The van der Waals surface area contributed by atoms with E-state index < -0.39 is 0 Å². The van der Waals surface area contributed by atoms with Gasteiger partial charge in [-0.25, -0.2) is 14.4 Å². The number of hydrogen-bond donors (Lipinski definition) is 0. The molecule has 0 aliphatic heterocycles. The highest BCUT2D eigenvalue weighted by atomic mass is 32.1. The van der Waals surface area contributed by atoms with Gasteiger partial charge in [0.05, 0.1) is 5.39 Å². The zero-order valence-corrected chi connectivity index (χ0v) is 11.3. The Hall–Kier alpha value is -2.01. The highest BCUT2D eigenvalue weighted by molar-refractivity contribution is 7.18. The summed E-state index contributed by atoms with van der Waals surface area (Å²) in [5.74, 6) is 0.605. The molecular weight excluding hydrogens is 263 g/mol. The van der Waals surface area contributed by atoms with Gasteiger partial charge in [0.15, 0.2) is 0 Å². The van der Waals surface area contributed by atoms with Crippen molar-refractivity contribution in [1.82, 2.24) is 9.97 Å². The molecule has 3 nitrogen and oxygen atoms in total. The Morgan fingerprint density at radius 1 is 1.16 bits per heavy atom. The summed E-state index contributed by atoms with van der Waals surface area (Å²) in [5.41, 5.74) is 0.589. The van der Waals surface area contributed by atoms with Crippen LogP contribution in [0.25, 0.3) is 10.2 Å². The number of rotatable bonds is 2. The Labute approximate surface area is 113 Å². The molecule has 0 amide bonds. The quantitative estimate of drug-likeness (QED) is 0.701. The van der Waals surface area contributed by atoms with Gasteiger partial charge in [-0.15, -0.1) is 11.3 Å². The maximum atomic E-state index is 13.5. The topological polar surface area (TPSA) is 35.0 Å². The molecule has 3 rings (SSSR count). The summed E-state index contributed by atoms with van der Waals surface area (Å²) in [7, 11) is 0. The van der Waals surface area contributed by atoms with Gasteiger partial charge in [0.1, 0.15) is 22.7 Å². The Morgan fingerprint density at radius 2 is 2.00 bits per heavy atom. The molecule has 0 N–H and O–H groups in total. The zero-order valence-electron chi connectivity index (χ0n) is 10.5. The first-order valence-electron chi connectivity index (χ1n) is 5.78. The number of fused-ring (bicyclic) bond motifs is 1. The van der Waals surface area contributed by atoms with E-state index in [0.29, 0.717) is 17.2 Å². The van der Waals surface area contributed by atoms with Crippen LogP contribution in [0.5, 0.6) is 11.6 Å². The third kappa shape index (κ3) is 2.29. The van der Waals surface area contributed by atoms with Crippen LogP contribution in [0, 0.1) is 19.7 Å². The zero-order chi connectivity index (χ0) is 13.4. The van der Waals surface area contributed by atoms with E-state index in [1.165, 1.54) is 12.4 Å². The van der Waals surface area contributed by atoms with Gasteiger partial charge in [-0.3, -0.25) is 0 Å². The maximum Gasteiger partial charge on any atom is 0.231 e. The van der Waals surface area contributed by atoms with Gasteiger partial charge in [-0.1, -0.05) is 6.07 Å². The molecule has 0 saturated carbocycles. The highest BCUT2D eigenvalue weighted by Crippen LogP contribution is 2.32. The van der Waals surface area contributed by atoms with E-state index in [1.54, 1.807) is 30.4 Å². The largest absolute Gasteiger partial charge is 0.438 e. The molecule has 19 heavy (non-hydrogen) atoms. The summed E-state index contributed by atoms with van der Waals surface area (Å²) >= 11 is 1.58. The monoisotopic (exact) mass is 274 g/mol. The van der Waals surface area contributed by atoms with Crippen LogP contribution in [0.2, 0.25) is 0 Å². The predicted molar refractivity (Wildman–Crippen MR) is 73.4 cm³/mol. The van der Waals surface area contributed by atoms with Crippen LogP contribution >= 0.6 is 11.3 Å². The van der Waals surface area contributed by atoms with Crippen molar-refractivity contribution in [3.8, 4) is 11.6 Å². The fraction of sp³-hybridized carbons (Fsp3) is 0.143. The van der Waals surface area contributed by atoms with Gasteiger partial charge in [0.2, 0.25) is 5.88 Å². The number of halogens is 1. The minimum Gasteiger partial charge on any atom is -0.438 e. The summed E-state index contributed by atoms with van der Waals surface area (Å²) in [6, 6.07) is 6.75. The smallest absolute Gasteiger partial charge is 0.231 e. The van der Waals surface area contributed by atoms with Crippen molar-refractivity contribution >= 4 is 21.6 Å². The van der Waals surface area contributed by atoms with Crippen LogP contribution in [0.1, 0.15) is 10.4 Å². The van der Waals surface area contributed by atoms with Crippen LogP contribution in [0.4, 0.5) is 4.39 Å². The number of nitrogens with zero attached hydrogens (tertiary/aromatic N) is 2. The molecule has 0 aliphatic rings. The lowest BCUT2D eigenvalue weighted by Crippen LogP contribution is -1.91. The SMILES string of the molecule is Cc1cc2c(Oc3ccc(C)c(F)c3)ncnc2s1. The second-order valence-corrected chi connectivity index (χ2v) is 5.50. The lowest BCUT2D eigenvalue weighted by Gasteiger charge is -2.06. The summed E-state index contributed by atoms with van der Waals surface area (Å²) in [5, 5.41) is 0.853. The second kappa shape index (κ2) is 4.59. The highest BCUT2D eigenvalue weighted by Gasteiger charge is 2.09. The Bertz CT molecular complexity index is 754. The molecule has 0 atom stereocenters. The third-order valence-electron chi connectivity index (χ3n) is 2.77. The first kappa shape index (κ1) is 12.0. The van der Waals surface area contributed by atoms with Gasteiger partial charge < -0.3 is 4.74 Å². The molecule has 1 aromatic carbocycles. The number of hydrogen-bond acceptors (Lipinski definition) is 4. The Kier molecular flexibility index (Phi) is 2.91. The fourth-order valence-corrected chi connectivity index (χ4v) is 2.62. The third-order valence-corrected chi connectivity index (χ3v) is 3.73. The van der Waals surface area contributed by atoms with Crippen molar-refractivity contribution in [2.24, 2.45) is 0 Å². The molecule has 0 spiro atoms. The van der Waals surface area contributed by atoms with Crippen LogP contribution < -0.4 is 4.74 Å². The average molecular weight is 274 g/mol. The Morgan fingerprint density at radius 3 is 2.79 bits per heavy atom. The van der Waals surface area contributed by atoms with Crippen LogP contribution in [0.3, 0.4) is 0 Å². The van der Waals surface area contributed by atoms with Gasteiger partial charge in [0.25, 0.3) is 0 Å². The molecule has 5 heteroatoms. The van der Waals surface area contributed by atoms with Crippen LogP contribution in [0.15, 0.2) is 30.6 Å². The molecular formula is C14H11FN2OS. The predicted octanol–water partition coefficient (Wildman–Crippen LogP) is 4.24. The first-order valence-corrected chi connectivity index (χ1v) is 6.60. The molecule has 0 bridgehead atoms. The van der Waals surface area contributed by atoms with E-state index in [0.717, 1.165) is 15.1 Å². The van der Waals surface area contributed by atoms with E-state index >= 15 is 0 Å². The molecule has 0 unspecified atom stereocenters. The Balaban J connectivity index is 2.02. The standard InChI is InChI=1S/C14H11FN2OS/c1-8-3-4-10(6-12(8)15)18-13-11-5-9(2)19-14(11)17-7-16-13/h3-7H,1-2H3. The molecule has 0 aliphatic carbocycles. The molecule has 0 radical (unpaired) electrons. The summed E-state index contributed by atoms with van der Waals surface area (Å²) in [4.78, 5) is 10.3. The van der Waals surface area contributed by atoms with Crippen molar-refractivity contribution in [3.63, 3.8) is 0 Å². The minimum atomic E-state index is -0.288. The summed E-state index contributed by atoms with van der Waals surface area (Å²) in [6.45, 7) is 3.71. The van der Waals surface area contributed by atoms with Crippen molar-refractivity contribution < 1.29 is 9.13 Å². The molecule has 96 valence electrons. The number of benzene rings is 1. The summed E-state index contributed by atoms with van der Waals surface area (Å²) in [6.07, 6.45) is 1.46. The molecule has 0 fully saturated rings. The van der Waals surface area contributed by atoms with Crippen molar-refractivity contribution in [2.45, 2.75) is 13.8 Å². The molecule has 2 heterocycles. The van der Waals surface area contributed by atoms with Gasteiger partial charge in [-0.05, 0) is 31.5 Å². The van der Waals surface area contributed by atoms with E-state index in [2.05, 4.69) is 9.97 Å². The summed E-state index contributed by atoms with van der Waals surface area (Å²) < 4.78 is 19.1. The minimum absolute atomic E-state index is 0.288. The number of aromatic nitrogens is 2. The normalized spacial score (nSPS) is 10.9. The number of ether oxygens (including phenoxy) is 1. The van der Waals surface area contributed by atoms with Crippen molar-refractivity contribution in [2.75, 3.05) is 0 Å².